The maximum Gasteiger partial charge on any atom is 0.331 e. The summed E-state index contributed by atoms with van der Waals surface area (Å²) < 4.78 is 15.8. The van der Waals surface area contributed by atoms with E-state index in [4.69, 9.17) is 19.9 Å². The number of fused-ring (bicyclic) bond motifs is 1. The number of para-hydroxylation sites is 1. The maximum atomic E-state index is 12.9. The number of ether oxygens (including phenoxy) is 3. The van der Waals surface area contributed by atoms with Crippen LogP contribution >= 0.6 is 0 Å². The van der Waals surface area contributed by atoms with E-state index in [9.17, 15) is 14.4 Å². The molecule has 0 aliphatic rings. The van der Waals surface area contributed by atoms with Gasteiger partial charge in [-0.2, -0.15) is 0 Å². The molecule has 3 rings (SSSR count). The van der Waals surface area contributed by atoms with Crippen molar-refractivity contribution in [2.45, 2.75) is 20.0 Å². The van der Waals surface area contributed by atoms with Gasteiger partial charge in [0.2, 0.25) is 5.78 Å². The molecule has 1 aromatic heterocycles. The summed E-state index contributed by atoms with van der Waals surface area (Å²) in [4.78, 5) is 39.2. The van der Waals surface area contributed by atoms with Gasteiger partial charge in [0.05, 0.1) is 7.11 Å². The molecular weight excluding hydrogens is 412 g/mol. The molecule has 0 radical (unpaired) electrons. The van der Waals surface area contributed by atoms with E-state index in [0.717, 1.165) is 16.6 Å². The second kappa shape index (κ2) is 9.82. The van der Waals surface area contributed by atoms with Gasteiger partial charge in [-0.25, -0.2) is 4.79 Å². The van der Waals surface area contributed by atoms with E-state index in [1.807, 2.05) is 31.2 Å². The van der Waals surface area contributed by atoms with Crippen LogP contribution in [-0.2, 0) is 14.3 Å². The minimum Gasteiger partial charge on any atom is -0.493 e. The van der Waals surface area contributed by atoms with Crippen LogP contribution in [0.1, 0.15) is 28.5 Å². The predicted molar refractivity (Wildman–Crippen MR) is 120 cm³/mol. The van der Waals surface area contributed by atoms with Crippen molar-refractivity contribution in [3.63, 3.8) is 0 Å². The molecular formula is C24H24N2O6. The fraction of sp³-hybridized carbons (Fsp3) is 0.208. The van der Waals surface area contributed by atoms with Crippen LogP contribution in [0.15, 0.2) is 48.5 Å². The van der Waals surface area contributed by atoms with Crippen molar-refractivity contribution in [2.24, 2.45) is 5.73 Å². The van der Waals surface area contributed by atoms with Crippen molar-refractivity contribution in [1.82, 2.24) is 4.98 Å². The highest BCUT2D eigenvalue weighted by Crippen LogP contribution is 2.28. The summed E-state index contributed by atoms with van der Waals surface area (Å²) in [5.41, 5.74) is 7.80. The Labute approximate surface area is 185 Å². The average molecular weight is 436 g/mol. The second-order valence-corrected chi connectivity index (χ2v) is 7.11. The number of aromatic nitrogens is 1. The van der Waals surface area contributed by atoms with Gasteiger partial charge in [0.1, 0.15) is 0 Å². The lowest BCUT2D eigenvalue weighted by molar-refractivity contribution is -0.140. The number of Topliss-reactive ketones (excluding diaryl/α,β-unsaturated/α-hetero) is 1. The van der Waals surface area contributed by atoms with Gasteiger partial charge in [-0.1, -0.05) is 24.3 Å². The van der Waals surface area contributed by atoms with Gasteiger partial charge in [-0.15, -0.1) is 0 Å². The molecule has 1 heterocycles. The third kappa shape index (κ3) is 5.15. The highest BCUT2D eigenvalue weighted by molar-refractivity contribution is 6.11. The fourth-order valence-electron chi connectivity index (χ4n) is 3.28. The first-order valence-corrected chi connectivity index (χ1v) is 9.89. The van der Waals surface area contributed by atoms with Crippen molar-refractivity contribution in [3.05, 3.63) is 65.4 Å². The van der Waals surface area contributed by atoms with Crippen LogP contribution in [0.25, 0.3) is 17.0 Å². The zero-order valence-corrected chi connectivity index (χ0v) is 18.0. The number of esters is 1. The normalized spacial score (nSPS) is 12.0. The first-order valence-electron chi connectivity index (χ1n) is 9.89. The number of carbonyl (C=O) groups excluding carboxylic acids is 3. The SMILES string of the molecule is COc1cc(/C=C/C(=O)OC(C)C(=O)c2c(C)[nH]c3ccccc23)ccc1OCC(N)=O. The number of rotatable bonds is 9. The minimum absolute atomic E-state index is 0.278. The van der Waals surface area contributed by atoms with Gasteiger partial charge in [-0.05, 0) is 43.7 Å². The van der Waals surface area contributed by atoms with Crippen LogP contribution in [0.3, 0.4) is 0 Å². The summed E-state index contributed by atoms with van der Waals surface area (Å²) in [6.45, 7) is 3.08. The van der Waals surface area contributed by atoms with Crippen LogP contribution in [-0.4, -0.2) is 42.5 Å². The number of amides is 1. The summed E-state index contributed by atoms with van der Waals surface area (Å²) in [7, 11) is 1.45. The Morgan fingerprint density at radius 1 is 1.12 bits per heavy atom. The smallest absolute Gasteiger partial charge is 0.331 e. The van der Waals surface area contributed by atoms with E-state index in [-0.39, 0.29) is 12.4 Å². The van der Waals surface area contributed by atoms with Crippen LogP contribution in [0.4, 0.5) is 0 Å². The first kappa shape index (κ1) is 22.6. The second-order valence-electron chi connectivity index (χ2n) is 7.11. The van der Waals surface area contributed by atoms with E-state index in [0.29, 0.717) is 22.6 Å². The lowest BCUT2D eigenvalue weighted by atomic mass is 10.0. The number of aromatic amines is 1. The fourth-order valence-corrected chi connectivity index (χ4v) is 3.28. The van der Waals surface area contributed by atoms with E-state index >= 15 is 0 Å². The van der Waals surface area contributed by atoms with Crippen LogP contribution < -0.4 is 15.2 Å². The van der Waals surface area contributed by atoms with Crippen molar-refractivity contribution in [3.8, 4) is 11.5 Å². The van der Waals surface area contributed by atoms with Gasteiger partial charge in [0, 0.05) is 28.2 Å². The summed E-state index contributed by atoms with van der Waals surface area (Å²) in [6, 6.07) is 12.4. The van der Waals surface area contributed by atoms with Crippen molar-refractivity contribution < 1.29 is 28.6 Å². The molecule has 0 aliphatic carbocycles. The third-order valence-electron chi connectivity index (χ3n) is 4.77. The lowest BCUT2D eigenvalue weighted by Gasteiger charge is -2.11. The molecule has 1 amide bonds. The molecule has 3 aromatic rings. The van der Waals surface area contributed by atoms with Gasteiger partial charge in [0.25, 0.3) is 5.91 Å². The Hall–Kier alpha value is -4.07. The standard InChI is InChI=1S/C24H24N2O6/c1-14-23(17-6-4-5-7-18(17)26-14)24(29)15(2)32-22(28)11-9-16-8-10-19(20(12-16)30-3)31-13-21(25)27/h4-12,15,26H,13H2,1-3H3,(H2,25,27)/b11-9+. The number of hydrogen-bond donors (Lipinski definition) is 2. The molecule has 1 unspecified atom stereocenters. The summed E-state index contributed by atoms with van der Waals surface area (Å²) >= 11 is 0. The van der Waals surface area contributed by atoms with Crippen LogP contribution in [0.2, 0.25) is 0 Å². The molecule has 1 atom stereocenters. The molecule has 8 heteroatoms. The number of benzene rings is 2. The molecule has 8 nitrogen and oxygen atoms in total. The zero-order chi connectivity index (χ0) is 23.3. The van der Waals surface area contributed by atoms with Crippen molar-refractivity contribution in [1.29, 1.82) is 0 Å². The molecule has 0 saturated heterocycles. The number of hydrogen-bond acceptors (Lipinski definition) is 6. The van der Waals surface area contributed by atoms with Crippen LogP contribution in [0, 0.1) is 6.92 Å². The molecule has 166 valence electrons. The van der Waals surface area contributed by atoms with Crippen LogP contribution in [0.5, 0.6) is 11.5 Å². The quantitative estimate of drug-likeness (QED) is 0.302. The van der Waals surface area contributed by atoms with E-state index in [2.05, 4.69) is 4.98 Å². The Morgan fingerprint density at radius 3 is 2.59 bits per heavy atom. The largest absolute Gasteiger partial charge is 0.493 e. The highest BCUT2D eigenvalue weighted by Gasteiger charge is 2.23. The zero-order valence-electron chi connectivity index (χ0n) is 18.0. The van der Waals surface area contributed by atoms with E-state index in [1.165, 1.54) is 19.3 Å². The molecule has 0 bridgehead atoms. The highest BCUT2D eigenvalue weighted by atomic mass is 16.5. The molecule has 3 N–H and O–H groups in total. The molecule has 32 heavy (non-hydrogen) atoms. The minimum atomic E-state index is -0.954. The summed E-state index contributed by atoms with van der Waals surface area (Å²) in [5.74, 6) is -0.819. The Bertz CT molecular complexity index is 1190. The number of carbonyl (C=O) groups is 3. The monoisotopic (exact) mass is 436 g/mol. The average Bonchev–Trinajstić information content (AvgIpc) is 3.11. The molecule has 2 aromatic carbocycles. The number of methoxy groups -OCH3 is 1. The molecule has 0 fully saturated rings. The molecule has 0 spiro atoms. The number of nitrogens with one attached hydrogen (secondary N) is 1. The van der Waals surface area contributed by atoms with Crippen molar-refractivity contribution >= 4 is 34.6 Å². The maximum absolute atomic E-state index is 12.9. The topological polar surface area (TPSA) is 121 Å². The third-order valence-corrected chi connectivity index (χ3v) is 4.77. The van der Waals surface area contributed by atoms with Gasteiger partial charge >= 0.3 is 5.97 Å². The Kier molecular flexibility index (Phi) is 6.94. The predicted octanol–water partition coefficient (Wildman–Crippen LogP) is 3.18. The Balaban J connectivity index is 1.67. The number of nitrogens with two attached hydrogens (primary N) is 1. The summed E-state index contributed by atoms with van der Waals surface area (Å²) in [6.07, 6.45) is 1.80. The number of H-pyrrole nitrogens is 1. The number of aryl methyl sites for hydroxylation is 1. The summed E-state index contributed by atoms with van der Waals surface area (Å²) in [5, 5.41) is 0.791. The molecule has 0 saturated carbocycles. The lowest BCUT2D eigenvalue weighted by Crippen LogP contribution is -2.24. The van der Waals surface area contributed by atoms with Crippen molar-refractivity contribution in [2.75, 3.05) is 13.7 Å². The molecule has 0 aliphatic heterocycles. The van der Waals surface area contributed by atoms with E-state index < -0.39 is 18.0 Å². The van der Waals surface area contributed by atoms with E-state index in [1.54, 1.807) is 25.1 Å². The number of ketones is 1. The number of primary amides is 1. The first-order chi connectivity index (χ1) is 15.3. The van der Waals surface area contributed by atoms with Gasteiger partial charge < -0.3 is 24.9 Å². The Morgan fingerprint density at radius 2 is 1.88 bits per heavy atom. The van der Waals surface area contributed by atoms with Gasteiger partial charge in [-0.3, -0.25) is 9.59 Å². The van der Waals surface area contributed by atoms with Gasteiger partial charge in [0.15, 0.2) is 24.2 Å².